The number of hydrogen-bond donors (Lipinski definition) is 1. The maximum atomic E-state index is 11.3. The standard InChI is InChI=1S/C12H23NO2S/c13-12(6-2-1-3-7-12)10-11-4-8-16(14,15)9-5-11/h11H,1-10,13H2. The lowest BCUT2D eigenvalue weighted by Gasteiger charge is -2.37. The molecular weight excluding hydrogens is 222 g/mol. The largest absolute Gasteiger partial charge is 0.325 e. The van der Waals surface area contributed by atoms with Gasteiger partial charge in [0.2, 0.25) is 0 Å². The first-order valence-electron chi connectivity index (χ1n) is 6.48. The van der Waals surface area contributed by atoms with E-state index in [2.05, 4.69) is 0 Å². The summed E-state index contributed by atoms with van der Waals surface area (Å²) in [5, 5.41) is 0. The zero-order valence-corrected chi connectivity index (χ0v) is 10.8. The Kier molecular flexibility index (Phi) is 3.59. The summed E-state index contributed by atoms with van der Waals surface area (Å²) in [6, 6.07) is 0. The van der Waals surface area contributed by atoms with Gasteiger partial charge in [-0.2, -0.15) is 0 Å². The summed E-state index contributed by atoms with van der Waals surface area (Å²) in [5.74, 6) is 1.31. The van der Waals surface area contributed by atoms with Gasteiger partial charge in [-0.1, -0.05) is 19.3 Å². The van der Waals surface area contributed by atoms with Crippen LogP contribution in [0.4, 0.5) is 0 Å². The lowest BCUT2D eigenvalue weighted by molar-refractivity contribution is 0.228. The first-order valence-corrected chi connectivity index (χ1v) is 8.31. The first-order chi connectivity index (χ1) is 7.49. The highest BCUT2D eigenvalue weighted by Gasteiger charge is 2.33. The molecule has 0 radical (unpaired) electrons. The van der Waals surface area contributed by atoms with E-state index < -0.39 is 9.84 Å². The fourth-order valence-electron chi connectivity index (χ4n) is 3.18. The summed E-state index contributed by atoms with van der Waals surface area (Å²) >= 11 is 0. The Bertz CT molecular complexity index is 317. The highest BCUT2D eigenvalue weighted by atomic mass is 32.2. The number of sulfone groups is 1. The van der Waals surface area contributed by atoms with Crippen molar-refractivity contribution in [2.45, 2.75) is 56.9 Å². The van der Waals surface area contributed by atoms with Crippen molar-refractivity contribution in [2.75, 3.05) is 11.5 Å². The second-order valence-electron chi connectivity index (χ2n) is 5.72. The van der Waals surface area contributed by atoms with Crippen molar-refractivity contribution in [3.05, 3.63) is 0 Å². The van der Waals surface area contributed by atoms with Gasteiger partial charge in [0.15, 0.2) is 0 Å². The average molecular weight is 245 g/mol. The van der Waals surface area contributed by atoms with Crippen molar-refractivity contribution < 1.29 is 8.42 Å². The van der Waals surface area contributed by atoms with E-state index in [-0.39, 0.29) is 5.54 Å². The van der Waals surface area contributed by atoms with E-state index in [0.717, 1.165) is 32.1 Å². The Balaban J connectivity index is 1.86. The molecule has 2 aliphatic rings. The molecule has 0 amide bonds. The van der Waals surface area contributed by atoms with Crippen molar-refractivity contribution in [2.24, 2.45) is 11.7 Å². The summed E-state index contributed by atoms with van der Waals surface area (Å²) < 4.78 is 22.7. The second-order valence-corrected chi connectivity index (χ2v) is 8.03. The van der Waals surface area contributed by atoms with E-state index in [4.69, 9.17) is 5.73 Å². The number of rotatable bonds is 2. The molecular formula is C12H23NO2S. The predicted molar refractivity (Wildman–Crippen MR) is 66.0 cm³/mol. The fraction of sp³-hybridized carbons (Fsp3) is 1.00. The van der Waals surface area contributed by atoms with Crippen LogP contribution in [0.2, 0.25) is 0 Å². The smallest absolute Gasteiger partial charge is 0.150 e. The van der Waals surface area contributed by atoms with Gasteiger partial charge < -0.3 is 5.73 Å². The summed E-state index contributed by atoms with van der Waals surface area (Å²) in [6.07, 6.45) is 8.80. The van der Waals surface area contributed by atoms with Crippen LogP contribution in [0.25, 0.3) is 0 Å². The Morgan fingerprint density at radius 1 is 1.06 bits per heavy atom. The van der Waals surface area contributed by atoms with Crippen molar-refractivity contribution in [3.8, 4) is 0 Å². The monoisotopic (exact) mass is 245 g/mol. The quantitative estimate of drug-likeness (QED) is 0.808. The molecule has 4 heteroatoms. The first kappa shape index (κ1) is 12.4. The van der Waals surface area contributed by atoms with Gasteiger partial charge in [-0.25, -0.2) is 8.42 Å². The van der Waals surface area contributed by atoms with Crippen LogP contribution >= 0.6 is 0 Å². The third-order valence-corrected chi connectivity index (χ3v) is 5.93. The molecule has 1 aliphatic carbocycles. The van der Waals surface area contributed by atoms with Crippen molar-refractivity contribution in [3.63, 3.8) is 0 Å². The highest BCUT2D eigenvalue weighted by Crippen LogP contribution is 2.34. The van der Waals surface area contributed by atoms with Crippen LogP contribution in [0.1, 0.15) is 51.4 Å². The molecule has 0 aromatic heterocycles. The molecule has 16 heavy (non-hydrogen) atoms. The maximum absolute atomic E-state index is 11.3. The molecule has 0 atom stereocenters. The van der Waals surface area contributed by atoms with E-state index in [1.54, 1.807) is 0 Å². The van der Waals surface area contributed by atoms with Crippen molar-refractivity contribution in [1.82, 2.24) is 0 Å². The van der Waals surface area contributed by atoms with E-state index in [1.165, 1.54) is 19.3 Å². The molecule has 0 bridgehead atoms. The SMILES string of the molecule is NC1(CC2CCS(=O)(=O)CC2)CCCCC1. The second kappa shape index (κ2) is 4.65. The molecule has 0 unspecified atom stereocenters. The Hall–Kier alpha value is -0.0900. The normalized spacial score (nSPS) is 30.1. The minimum absolute atomic E-state index is 0.0179. The van der Waals surface area contributed by atoms with Crippen LogP contribution in [0, 0.1) is 5.92 Å². The molecule has 2 N–H and O–H groups in total. The van der Waals surface area contributed by atoms with Gasteiger partial charge >= 0.3 is 0 Å². The predicted octanol–water partition coefficient (Wildman–Crippen LogP) is 1.86. The van der Waals surface area contributed by atoms with Crippen LogP contribution in [0.15, 0.2) is 0 Å². The lowest BCUT2D eigenvalue weighted by atomic mass is 9.75. The van der Waals surface area contributed by atoms with E-state index in [0.29, 0.717) is 17.4 Å². The summed E-state index contributed by atoms with van der Waals surface area (Å²) in [5.41, 5.74) is 6.43. The van der Waals surface area contributed by atoms with Gasteiger partial charge in [-0.3, -0.25) is 0 Å². The Morgan fingerprint density at radius 2 is 1.62 bits per heavy atom. The molecule has 1 heterocycles. The molecule has 0 aromatic carbocycles. The number of nitrogens with two attached hydrogens (primary N) is 1. The van der Waals surface area contributed by atoms with Crippen LogP contribution in [0.5, 0.6) is 0 Å². The van der Waals surface area contributed by atoms with Crippen molar-refractivity contribution in [1.29, 1.82) is 0 Å². The molecule has 2 fully saturated rings. The minimum atomic E-state index is -2.72. The molecule has 2 rings (SSSR count). The molecule has 1 saturated carbocycles. The van der Waals surface area contributed by atoms with Gasteiger partial charge in [0.1, 0.15) is 9.84 Å². The van der Waals surface area contributed by atoms with Gasteiger partial charge in [-0.15, -0.1) is 0 Å². The van der Waals surface area contributed by atoms with Crippen molar-refractivity contribution >= 4 is 9.84 Å². The van der Waals surface area contributed by atoms with E-state index in [1.807, 2.05) is 0 Å². The lowest BCUT2D eigenvalue weighted by Crippen LogP contribution is -2.44. The summed E-state index contributed by atoms with van der Waals surface area (Å²) in [4.78, 5) is 0. The summed E-state index contributed by atoms with van der Waals surface area (Å²) in [7, 11) is -2.72. The number of hydrogen-bond acceptors (Lipinski definition) is 3. The van der Waals surface area contributed by atoms with E-state index in [9.17, 15) is 8.42 Å². The van der Waals surface area contributed by atoms with Gasteiger partial charge in [0.25, 0.3) is 0 Å². The van der Waals surface area contributed by atoms with Crippen LogP contribution in [-0.2, 0) is 9.84 Å². The van der Waals surface area contributed by atoms with Gasteiger partial charge in [0, 0.05) is 5.54 Å². The summed E-state index contributed by atoms with van der Waals surface area (Å²) in [6.45, 7) is 0. The molecule has 3 nitrogen and oxygen atoms in total. The molecule has 0 spiro atoms. The minimum Gasteiger partial charge on any atom is -0.325 e. The molecule has 1 saturated heterocycles. The average Bonchev–Trinajstić information content (AvgIpc) is 2.22. The van der Waals surface area contributed by atoms with Gasteiger partial charge in [0.05, 0.1) is 11.5 Å². The van der Waals surface area contributed by atoms with Crippen LogP contribution < -0.4 is 5.73 Å². The molecule has 94 valence electrons. The van der Waals surface area contributed by atoms with Crippen LogP contribution in [-0.4, -0.2) is 25.5 Å². The zero-order valence-electron chi connectivity index (χ0n) is 9.95. The van der Waals surface area contributed by atoms with Gasteiger partial charge in [-0.05, 0) is 38.0 Å². The Labute approximate surface area is 98.7 Å². The maximum Gasteiger partial charge on any atom is 0.150 e. The third-order valence-electron chi connectivity index (χ3n) is 4.22. The third kappa shape index (κ3) is 3.20. The van der Waals surface area contributed by atoms with E-state index >= 15 is 0 Å². The Morgan fingerprint density at radius 3 is 2.19 bits per heavy atom. The topological polar surface area (TPSA) is 60.2 Å². The highest BCUT2D eigenvalue weighted by molar-refractivity contribution is 7.91. The fourth-order valence-corrected chi connectivity index (χ4v) is 4.77. The zero-order chi connectivity index (χ0) is 11.6. The molecule has 0 aromatic rings. The molecule has 1 aliphatic heterocycles. The van der Waals surface area contributed by atoms with Crippen LogP contribution in [0.3, 0.4) is 0 Å².